The van der Waals surface area contributed by atoms with Gasteiger partial charge in [-0.25, -0.2) is 13.6 Å². The third-order valence-corrected chi connectivity index (χ3v) is 1.68. The van der Waals surface area contributed by atoms with Crippen molar-refractivity contribution in [2.24, 2.45) is 0 Å². The lowest BCUT2D eigenvalue weighted by Gasteiger charge is -2.05. The number of hydrogen-bond donors (Lipinski definition) is 2. The van der Waals surface area contributed by atoms with Gasteiger partial charge < -0.3 is 15.2 Å². The molecular weight excluding hydrogens is 236 g/mol. The normalized spacial score (nSPS) is 10.5. The van der Waals surface area contributed by atoms with Crippen molar-refractivity contribution in [1.82, 2.24) is 10.2 Å². The lowest BCUT2D eigenvalue weighted by atomic mass is 10.4. The smallest absolute Gasteiger partial charge is 0.356 e. The van der Waals surface area contributed by atoms with Crippen molar-refractivity contribution in [2.45, 2.75) is 6.43 Å². The zero-order valence-electron chi connectivity index (χ0n) is 8.77. The first kappa shape index (κ1) is 13.2. The van der Waals surface area contributed by atoms with Crippen LogP contribution < -0.4 is 5.32 Å². The van der Waals surface area contributed by atoms with Crippen LogP contribution in [0.1, 0.15) is 10.5 Å². The van der Waals surface area contributed by atoms with Crippen LogP contribution in [-0.4, -0.2) is 47.5 Å². The molecule has 1 aromatic rings. The van der Waals surface area contributed by atoms with Crippen LogP contribution in [0.3, 0.4) is 0 Å². The fraction of sp³-hybridized carbons (Fsp3) is 0.444. The maximum absolute atomic E-state index is 11.7. The van der Waals surface area contributed by atoms with E-state index in [0.29, 0.717) is 5.82 Å². The van der Waals surface area contributed by atoms with Crippen LogP contribution >= 0.6 is 0 Å². The molecule has 0 radical (unpaired) electrons. The summed E-state index contributed by atoms with van der Waals surface area (Å²) in [5.74, 6) is -0.806. The molecule has 1 rings (SSSR count). The molecule has 0 spiro atoms. The van der Waals surface area contributed by atoms with E-state index in [1.807, 2.05) is 0 Å². The van der Waals surface area contributed by atoms with Gasteiger partial charge >= 0.3 is 5.97 Å². The summed E-state index contributed by atoms with van der Waals surface area (Å²) >= 11 is 0. The third kappa shape index (κ3) is 5.16. The highest BCUT2D eigenvalue weighted by Crippen LogP contribution is 2.01. The predicted octanol–water partition coefficient (Wildman–Crippen LogP) is 0.868. The number of hydrogen-bond acceptors (Lipinski definition) is 5. The van der Waals surface area contributed by atoms with E-state index in [-0.39, 0.29) is 18.8 Å². The number of alkyl halides is 2. The van der Waals surface area contributed by atoms with E-state index >= 15 is 0 Å². The second kappa shape index (κ2) is 6.69. The van der Waals surface area contributed by atoms with Crippen LogP contribution in [0.25, 0.3) is 0 Å². The molecule has 0 fully saturated rings. The molecule has 1 heterocycles. The number of ether oxygens (including phenoxy) is 1. The number of carboxylic acids is 1. The maximum atomic E-state index is 11.7. The van der Waals surface area contributed by atoms with Crippen molar-refractivity contribution >= 4 is 11.8 Å². The molecule has 0 saturated heterocycles. The van der Waals surface area contributed by atoms with Crippen molar-refractivity contribution in [3.05, 3.63) is 17.8 Å². The number of nitrogens with zero attached hydrogens (tertiary/aromatic N) is 2. The average Bonchev–Trinajstić information content (AvgIpc) is 2.29. The SMILES string of the molecule is O=C(O)c1ccc(NCCOCC(F)F)nn1. The molecule has 0 unspecified atom stereocenters. The molecule has 1 aromatic heterocycles. The van der Waals surface area contributed by atoms with Crippen molar-refractivity contribution in [3.63, 3.8) is 0 Å². The Morgan fingerprint density at radius 1 is 1.47 bits per heavy atom. The maximum Gasteiger partial charge on any atom is 0.356 e. The Hall–Kier alpha value is -1.83. The molecule has 17 heavy (non-hydrogen) atoms. The summed E-state index contributed by atoms with van der Waals surface area (Å²) < 4.78 is 28.0. The molecule has 94 valence electrons. The summed E-state index contributed by atoms with van der Waals surface area (Å²) in [7, 11) is 0. The van der Waals surface area contributed by atoms with Gasteiger partial charge in [0.1, 0.15) is 12.4 Å². The second-order valence-corrected chi connectivity index (χ2v) is 3.00. The first-order valence-corrected chi connectivity index (χ1v) is 4.76. The second-order valence-electron chi connectivity index (χ2n) is 3.00. The van der Waals surface area contributed by atoms with Crippen molar-refractivity contribution in [1.29, 1.82) is 0 Å². The molecular formula is C9H11F2N3O3. The van der Waals surface area contributed by atoms with E-state index in [9.17, 15) is 13.6 Å². The Kier molecular flexibility index (Phi) is 5.21. The van der Waals surface area contributed by atoms with Gasteiger partial charge in [0.15, 0.2) is 5.69 Å². The number of halogens is 2. The lowest BCUT2D eigenvalue weighted by Crippen LogP contribution is -2.14. The molecule has 0 aliphatic carbocycles. The Morgan fingerprint density at radius 2 is 2.24 bits per heavy atom. The number of anilines is 1. The number of aromatic carboxylic acids is 1. The summed E-state index contributed by atoms with van der Waals surface area (Å²) in [6, 6.07) is 2.72. The van der Waals surface area contributed by atoms with Crippen LogP contribution in [-0.2, 0) is 4.74 Å². The largest absolute Gasteiger partial charge is 0.476 e. The number of aromatic nitrogens is 2. The molecule has 0 saturated carbocycles. The van der Waals surface area contributed by atoms with Gasteiger partial charge in [0.2, 0.25) is 0 Å². The van der Waals surface area contributed by atoms with Gasteiger partial charge in [0.05, 0.1) is 6.61 Å². The van der Waals surface area contributed by atoms with E-state index < -0.39 is 19.0 Å². The van der Waals surface area contributed by atoms with Crippen LogP contribution in [0.5, 0.6) is 0 Å². The zero-order valence-corrected chi connectivity index (χ0v) is 8.77. The highest BCUT2D eigenvalue weighted by molar-refractivity contribution is 5.85. The Labute approximate surface area is 95.6 Å². The topological polar surface area (TPSA) is 84.3 Å². The standard InChI is InChI=1S/C9H11F2N3O3/c10-7(11)5-17-4-3-12-8-2-1-6(9(15)16)13-14-8/h1-2,7H,3-5H2,(H,12,14)(H,15,16). The minimum Gasteiger partial charge on any atom is -0.476 e. The van der Waals surface area contributed by atoms with Gasteiger partial charge in [0, 0.05) is 6.54 Å². The molecule has 0 amide bonds. The van der Waals surface area contributed by atoms with Gasteiger partial charge in [0.25, 0.3) is 6.43 Å². The molecule has 0 aromatic carbocycles. The number of carbonyl (C=O) groups is 1. The molecule has 8 heteroatoms. The minimum absolute atomic E-state index is 0.104. The van der Waals surface area contributed by atoms with E-state index in [2.05, 4.69) is 20.3 Å². The van der Waals surface area contributed by atoms with Crippen LogP contribution in [0, 0.1) is 0 Å². The first-order chi connectivity index (χ1) is 8.09. The van der Waals surface area contributed by atoms with Gasteiger partial charge in [-0.15, -0.1) is 10.2 Å². The van der Waals surface area contributed by atoms with Crippen LogP contribution in [0.4, 0.5) is 14.6 Å². The summed E-state index contributed by atoms with van der Waals surface area (Å²) in [5, 5.41) is 18.3. The van der Waals surface area contributed by atoms with Crippen LogP contribution in [0.2, 0.25) is 0 Å². The summed E-state index contributed by atoms with van der Waals surface area (Å²) in [6.45, 7) is -0.216. The fourth-order valence-electron chi connectivity index (χ4n) is 0.964. The fourth-order valence-corrected chi connectivity index (χ4v) is 0.964. The molecule has 2 N–H and O–H groups in total. The minimum atomic E-state index is -2.48. The van der Waals surface area contributed by atoms with Crippen molar-refractivity contribution in [3.8, 4) is 0 Å². The number of carboxylic acid groups (broad SMARTS) is 1. The lowest BCUT2D eigenvalue weighted by molar-refractivity contribution is 0.0214. The summed E-state index contributed by atoms with van der Waals surface area (Å²) in [5.41, 5.74) is -0.162. The van der Waals surface area contributed by atoms with Crippen molar-refractivity contribution < 1.29 is 23.4 Å². The van der Waals surface area contributed by atoms with Gasteiger partial charge in [-0.3, -0.25) is 0 Å². The number of rotatable bonds is 7. The van der Waals surface area contributed by atoms with E-state index in [1.54, 1.807) is 0 Å². The quantitative estimate of drug-likeness (QED) is 0.695. The van der Waals surface area contributed by atoms with Crippen molar-refractivity contribution in [2.75, 3.05) is 25.1 Å². The Bertz CT molecular complexity index is 359. The number of nitrogens with one attached hydrogen (secondary N) is 1. The molecule has 0 bridgehead atoms. The monoisotopic (exact) mass is 247 g/mol. The average molecular weight is 247 g/mol. The highest BCUT2D eigenvalue weighted by Gasteiger charge is 2.05. The highest BCUT2D eigenvalue weighted by atomic mass is 19.3. The Balaban J connectivity index is 2.25. The predicted molar refractivity (Wildman–Crippen MR) is 54.3 cm³/mol. The molecule has 6 nitrogen and oxygen atoms in total. The summed E-state index contributed by atoms with van der Waals surface area (Å²) in [6.07, 6.45) is -2.48. The van der Waals surface area contributed by atoms with Crippen LogP contribution in [0.15, 0.2) is 12.1 Å². The third-order valence-electron chi connectivity index (χ3n) is 1.68. The molecule has 0 aliphatic heterocycles. The van der Waals surface area contributed by atoms with Gasteiger partial charge in [-0.1, -0.05) is 0 Å². The Morgan fingerprint density at radius 3 is 2.76 bits per heavy atom. The first-order valence-electron chi connectivity index (χ1n) is 4.76. The molecule has 0 atom stereocenters. The molecule has 0 aliphatic rings. The zero-order chi connectivity index (χ0) is 12.7. The van der Waals surface area contributed by atoms with E-state index in [0.717, 1.165) is 0 Å². The summed E-state index contributed by atoms with van der Waals surface area (Å²) in [4.78, 5) is 10.5. The van der Waals surface area contributed by atoms with E-state index in [4.69, 9.17) is 5.11 Å². The van der Waals surface area contributed by atoms with E-state index in [1.165, 1.54) is 12.1 Å². The van der Waals surface area contributed by atoms with Gasteiger partial charge in [-0.2, -0.15) is 0 Å². The van der Waals surface area contributed by atoms with Gasteiger partial charge in [-0.05, 0) is 12.1 Å².